The van der Waals surface area contributed by atoms with E-state index in [1.165, 1.54) is 5.56 Å². The Kier molecular flexibility index (Phi) is 7.24. The Bertz CT molecular complexity index is 1790. The van der Waals surface area contributed by atoms with Crippen LogP contribution in [0.25, 0.3) is 33.6 Å². The maximum atomic E-state index is 5.37. The first kappa shape index (κ1) is 26.4. The lowest BCUT2D eigenvalue weighted by Crippen LogP contribution is -2.18. The highest BCUT2D eigenvalue weighted by Gasteiger charge is 2.30. The molecule has 1 unspecified atom stereocenters. The summed E-state index contributed by atoms with van der Waals surface area (Å²) in [7, 11) is 1.69. The van der Waals surface area contributed by atoms with Gasteiger partial charge in [-0.25, -0.2) is 4.98 Å². The minimum Gasteiger partial charge on any atom is -0.497 e. The smallest absolute Gasteiger partial charge is 0.118 e. The molecule has 1 aromatic heterocycles. The molecule has 2 heterocycles. The van der Waals surface area contributed by atoms with E-state index in [2.05, 4.69) is 132 Å². The van der Waals surface area contributed by atoms with Gasteiger partial charge in [0.1, 0.15) is 5.75 Å². The van der Waals surface area contributed by atoms with Crippen molar-refractivity contribution in [3.8, 4) is 39.4 Å². The van der Waals surface area contributed by atoms with Gasteiger partial charge in [0, 0.05) is 17.5 Å². The Hall–Kier alpha value is -5.48. The third-order valence-electron chi connectivity index (χ3n) is 7.95. The highest BCUT2D eigenvalue weighted by Crippen LogP contribution is 2.38. The number of aromatic nitrogens is 1. The molecule has 43 heavy (non-hydrogen) atoms. The van der Waals surface area contributed by atoms with E-state index in [-0.39, 0.29) is 6.04 Å². The largest absolute Gasteiger partial charge is 0.497 e. The fourth-order valence-electron chi connectivity index (χ4n) is 5.66. The number of ether oxygens (including phenoxy) is 1. The highest BCUT2D eigenvalue weighted by atomic mass is 16.5. The molecular formula is C39H31N3O. The van der Waals surface area contributed by atoms with Crippen molar-refractivity contribution in [3.05, 3.63) is 163 Å². The van der Waals surface area contributed by atoms with Crippen molar-refractivity contribution in [2.24, 2.45) is 5.10 Å². The van der Waals surface area contributed by atoms with E-state index in [1.54, 1.807) is 7.11 Å². The van der Waals surface area contributed by atoms with Gasteiger partial charge in [0.05, 0.1) is 35.9 Å². The zero-order chi connectivity index (χ0) is 29.0. The lowest BCUT2D eigenvalue weighted by Gasteiger charge is -2.24. The summed E-state index contributed by atoms with van der Waals surface area (Å²) in [5.41, 5.74) is 10.8. The maximum Gasteiger partial charge on any atom is 0.118 e. The molecule has 0 N–H and O–H groups in total. The Morgan fingerprint density at radius 3 is 1.65 bits per heavy atom. The Balaban J connectivity index is 1.26. The quantitative estimate of drug-likeness (QED) is 0.196. The third-order valence-corrected chi connectivity index (χ3v) is 7.95. The molecule has 0 saturated heterocycles. The number of hydrogen-bond acceptors (Lipinski definition) is 4. The van der Waals surface area contributed by atoms with Crippen LogP contribution in [0.1, 0.15) is 23.6 Å². The van der Waals surface area contributed by atoms with E-state index < -0.39 is 0 Å². The van der Waals surface area contributed by atoms with Crippen LogP contribution >= 0.6 is 0 Å². The average Bonchev–Trinajstić information content (AvgIpc) is 3.55. The van der Waals surface area contributed by atoms with Crippen molar-refractivity contribution in [1.82, 2.24) is 4.98 Å². The topological polar surface area (TPSA) is 37.7 Å². The van der Waals surface area contributed by atoms with E-state index in [1.807, 2.05) is 24.3 Å². The van der Waals surface area contributed by atoms with Crippen LogP contribution < -0.4 is 9.75 Å². The van der Waals surface area contributed by atoms with Crippen LogP contribution in [0.15, 0.2) is 157 Å². The summed E-state index contributed by atoms with van der Waals surface area (Å²) >= 11 is 0. The summed E-state index contributed by atoms with van der Waals surface area (Å²) in [6.07, 6.45) is 0.823. The van der Waals surface area contributed by atoms with Crippen LogP contribution in [-0.2, 0) is 0 Å². The normalized spacial score (nSPS) is 14.4. The molecule has 7 rings (SSSR count). The molecule has 0 radical (unpaired) electrons. The van der Waals surface area contributed by atoms with Crippen molar-refractivity contribution in [2.75, 3.05) is 12.1 Å². The molecule has 0 fully saturated rings. The van der Waals surface area contributed by atoms with Crippen LogP contribution in [0.3, 0.4) is 0 Å². The predicted octanol–water partition coefficient (Wildman–Crippen LogP) is 9.45. The van der Waals surface area contributed by atoms with Crippen LogP contribution in [0.4, 0.5) is 5.69 Å². The summed E-state index contributed by atoms with van der Waals surface area (Å²) in [6, 6.07) is 52.7. The number of nitrogens with zero attached hydrogens (tertiary/aromatic N) is 3. The van der Waals surface area contributed by atoms with Crippen LogP contribution in [0.2, 0.25) is 0 Å². The Morgan fingerprint density at radius 2 is 1.09 bits per heavy atom. The van der Waals surface area contributed by atoms with Crippen LogP contribution in [0.5, 0.6) is 5.75 Å². The minimum atomic E-state index is 0.111. The second-order valence-corrected chi connectivity index (χ2v) is 10.7. The molecule has 0 aliphatic carbocycles. The molecule has 4 nitrogen and oxygen atoms in total. The number of methoxy groups -OCH3 is 1. The molecule has 1 aliphatic rings. The summed E-state index contributed by atoms with van der Waals surface area (Å²) in [4.78, 5) is 5.04. The molecule has 0 bridgehead atoms. The van der Waals surface area contributed by atoms with E-state index >= 15 is 0 Å². The number of rotatable bonds is 7. The fraction of sp³-hybridized carbons (Fsp3) is 0.0769. The zero-order valence-corrected chi connectivity index (χ0v) is 24.0. The van der Waals surface area contributed by atoms with Crippen molar-refractivity contribution in [1.29, 1.82) is 0 Å². The monoisotopic (exact) mass is 557 g/mol. The minimum absolute atomic E-state index is 0.111. The number of anilines is 1. The van der Waals surface area contributed by atoms with Gasteiger partial charge in [0.2, 0.25) is 0 Å². The first-order valence-electron chi connectivity index (χ1n) is 14.5. The van der Waals surface area contributed by atoms with E-state index in [0.29, 0.717) is 0 Å². The van der Waals surface area contributed by atoms with Gasteiger partial charge < -0.3 is 4.74 Å². The molecule has 0 amide bonds. The predicted molar refractivity (Wildman–Crippen MR) is 176 cm³/mol. The maximum absolute atomic E-state index is 5.37. The van der Waals surface area contributed by atoms with Gasteiger partial charge in [-0.3, -0.25) is 5.01 Å². The molecule has 1 atom stereocenters. The molecule has 6 aromatic rings. The van der Waals surface area contributed by atoms with Gasteiger partial charge in [0.15, 0.2) is 0 Å². The molecule has 1 aliphatic heterocycles. The van der Waals surface area contributed by atoms with Crippen molar-refractivity contribution in [3.63, 3.8) is 0 Å². The fourth-order valence-corrected chi connectivity index (χ4v) is 5.66. The third kappa shape index (κ3) is 5.55. The standard InChI is InChI=1S/C39H31N3O/c1-43-35-23-19-31(20-24-35)38-27-39(32-15-9-4-10-16-32)42(41-38)34-21-17-28(18-22-34)33-25-36(29-11-5-2-6-12-29)40-37(26-33)30-13-7-3-8-14-30/h2-26,39H,27H2,1H3. The van der Waals surface area contributed by atoms with Gasteiger partial charge in [-0.1, -0.05) is 103 Å². The van der Waals surface area contributed by atoms with E-state index in [0.717, 1.165) is 62.8 Å². The Morgan fingerprint density at radius 1 is 0.558 bits per heavy atom. The molecule has 4 heteroatoms. The molecule has 5 aromatic carbocycles. The second-order valence-electron chi connectivity index (χ2n) is 10.7. The van der Waals surface area contributed by atoms with Gasteiger partial charge in [-0.05, 0) is 70.8 Å². The van der Waals surface area contributed by atoms with Gasteiger partial charge in [-0.2, -0.15) is 5.10 Å². The SMILES string of the molecule is COc1ccc(C2=NN(c3ccc(-c4cc(-c5ccccc5)nc(-c5ccccc5)c4)cc3)C(c3ccccc3)C2)cc1. The number of benzene rings is 5. The van der Waals surface area contributed by atoms with Gasteiger partial charge in [-0.15, -0.1) is 0 Å². The van der Waals surface area contributed by atoms with Crippen molar-refractivity contribution >= 4 is 11.4 Å². The first-order valence-corrected chi connectivity index (χ1v) is 14.5. The van der Waals surface area contributed by atoms with Crippen LogP contribution in [0, 0.1) is 0 Å². The highest BCUT2D eigenvalue weighted by molar-refractivity contribution is 6.03. The van der Waals surface area contributed by atoms with E-state index in [9.17, 15) is 0 Å². The van der Waals surface area contributed by atoms with E-state index in [4.69, 9.17) is 14.8 Å². The number of hydrazone groups is 1. The van der Waals surface area contributed by atoms with Crippen molar-refractivity contribution < 1.29 is 4.74 Å². The zero-order valence-electron chi connectivity index (χ0n) is 24.0. The summed E-state index contributed by atoms with van der Waals surface area (Å²) in [5.74, 6) is 0.844. The van der Waals surface area contributed by atoms with Crippen molar-refractivity contribution in [2.45, 2.75) is 12.5 Å². The van der Waals surface area contributed by atoms with Gasteiger partial charge >= 0.3 is 0 Å². The summed E-state index contributed by atoms with van der Waals surface area (Å²) in [5, 5.41) is 7.31. The Labute approximate surface area is 252 Å². The molecule has 0 spiro atoms. The molecule has 0 saturated carbocycles. The number of pyridine rings is 1. The number of hydrogen-bond donors (Lipinski definition) is 0. The lowest BCUT2D eigenvalue weighted by atomic mass is 9.97. The lowest BCUT2D eigenvalue weighted by molar-refractivity contribution is 0.415. The molecule has 208 valence electrons. The van der Waals surface area contributed by atoms with Crippen LogP contribution in [-0.4, -0.2) is 17.8 Å². The average molecular weight is 558 g/mol. The molecular weight excluding hydrogens is 526 g/mol. The summed E-state index contributed by atoms with van der Waals surface area (Å²) in [6.45, 7) is 0. The summed E-state index contributed by atoms with van der Waals surface area (Å²) < 4.78 is 5.37. The second kappa shape index (κ2) is 11.8. The van der Waals surface area contributed by atoms with Gasteiger partial charge in [0.25, 0.3) is 0 Å². The first-order chi connectivity index (χ1) is 21.2.